The maximum atomic E-state index is 11.5. The van der Waals surface area contributed by atoms with Crippen molar-refractivity contribution >= 4 is 29.8 Å². The molecule has 12 heteroatoms. The molecule has 0 spiro atoms. The molecule has 10 rings (SSSR count). The van der Waals surface area contributed by atoms with Crippen LogP contribution >= 0.6 is 12.4 Å². The van der Waals surface area contributed by atoms with Crippen molar-refractivity contribution in [3.63, 3.8) is 0 Å². The van der Waals surface area contributed by atoms with E-state index < -0.39 is 24.4 Å². The molecular formula is C58H83ClN6O5. The van der Waals surface area contributed by atoms with Gasteiger partial charge in [0, 0.05) is 68.3 Å². The number of halogens is 1. The van der Waals surface area contributed by atoms with Crippen LogP contribution in [-0.4, -0.2) is 105 Å². The van der Waals surface area contributed by atoms with Gasteiger partial charge in [0.25, 0.3) is 0 Å². The summed E-state index contributed by atoms with van der Waals surface area (Å²) in [7, 11) is 0. The van der Waals surface area contributed by atoms with Crippen LogP contribution in [0.1, 0.15) is 155 Å². The molecule has 4 heterocycles. The van der Waals surface area contributed by atoms with Gasteiger partial charge in [0.05, 0.1) is 35.8 Å². The Bertz CT molecular complexity index is 2410. The van der Waals surface area contributed by atoms with Gasteiger partial charge >= 0.3 is 0 Å². The van der Waals surface area contributed by atoms with Gasteiger partial charge in [-0.05, 0) is 145 Å². The van der Waals surface area contributed by atoms with Gasteiger partial charge < -0.3 is 41.3 Å². The number of nitrogens with one attached hydrogen (secondary N) is 1. The highest BCUT2D eigenvalue weighted by Gasteiger charge is 2.39. The van der Waals surface area contributed by atoms with E-state index in [-0.39, 0.29) is 46.2 Å². The van der Waals surface area contributed by atoms with Gasteiger partial charge in [-0.25, -0.2) is 9.97 Å². The zero-order valence-corrected chi connectivity index (χ0v) is 44.1. The minimum atomic E-state index is -0.685. The van der Waals surface area contributed by atoms with Gasteiger partial charge in [0.2, 0.25) is 0 Å². The van der Waals surface area contributed by atoms with Crippen molar-refractivity contribution in [3.8, 4) is 22.5 Å². The molecule has 6 aliphatic rings. The molecule has 2 saturated heterocycles. The lowest BCUT2D eigenvalue weighted by Gasteiger charge is -2.42. The lowest BCUT2D eigenvalue weighted by atomic mass is 9.63. The zero-order valence-electron chi connectivity index (χ0n) is 43.3. The van der Waals surface area contributed by atoms with Crippen molar-refractivity contribution in [1.29, 1.82) is 0 Å². The number of rotatable bonds is 6. The quantitative estimate of drug-likeness (QED) is 0.109. The fourth-order valence-electron chi connectivity index (χ4n) is 11.7. The summed E-state index contributed by atoms with van der Waals surface area (Å²) < 4.78 is 0. The molecular weight excluding hydrogens is 896 g/mol. The molecule has 0 unspecified atom stereocenters. The summed E-state index contributed by atoms with van der Waals surface area (Å²) >= 11 is 0. The third-order valence-corrected chi connectivity index (χ3v) is 16.9. The second-order valence-electron chi connectivity index (χ2n) is 23.8. The molecule has 0 radical (unpaired) electrons. The van der Waals surface area contributed by atoms with E-state index in [4.69, 9.17) is 25.9 Å². The predicted octanol–water partition coefficient (Wildman–Crippen LogP) is 9.06. The molecule has 0 bridgehead atoms. The van der Waals surface area contributed by atoms with Crippen molar-refractivity contribution in [2.45, 2.75) is 197 Å². The number of aromatic nitrogens is 2. The number of piperidine rings is 2. The molecule has 382 valence electrons. The lowest BCUT2D eigenvalue weighted by Crippen LogP contribution is -2.49. The van der Waals surface area contributed by atoms with Crippen LogP contribution in [0.3, 0.4) is 0 Å². The first-order valence-corrected chi connectivity index (χ1v) is 26.1. The highest BCUT2D eigenvalue weighted by atomic mass is 35.5. The number of aliphatic hydroxyl groups excluding tert-OH is 4. The summed E-state index contributed by atoms with van der Waals surface area (Å²) in [6.45, 7) is 22.4. The van der Waals surface area contributed by atoms with E-state index in [0.717, 1.165) is 74.9 Å². The van der Waals surface area contributed by atoms with Crippen LogP contribution in [0, 0.1) is 0 Å². The smallest absolute Gasteiger partial charge is 0.136 e. The van der Waals surface area contributed by atoms with Crippen LogP contribution in [0.25, 0.3) is 22.5 Å². The van der Waals surface area contributed by atoms with E-state index in [0.29, 0.717) is 37.5 Å². The van der Waals surface area contributed by atoms with Crippen LogP contribution in [-0.2, 0) is 26.5 Å². The third-order valence-electron chi connectivity index (χ3n) is 16.9. The Kier molecular flexibility index (Phi) is 16.7. The Labute approximate surface area is 424 Å². The maximum absolute atomic E-state index is 11.5. The highest BCUT2D eigenvalue weighted by molar-refractivity contribution is 5.85. The summed E-state index contributed by atoms with van der Waals surface area (Å²) in [5, 5.41) is 41.3. The second-order valence-corrected chi connectivity index (χ2v) is 23.8. The fourth-order valence-corrected chi connectivity index (χ4v) is 11.7. The van der Waals surface area contributed by atoms with Crippen molar-refractivity contribution in [2.75, 3.05) is 36.0 Å². The number of pyridine rings is 2. The van der Waals surface area contributed by atoms with Crippen LogP contribution in [0.4, 0.5) is 11.6 Å². The van der Waals surface area contributed by atoms with Crippen LogP contribution in [0.15, 0.2) is 72.8 Å². The summed E-state index contributed by atoms with van der Waals surface area (Å²) in [6.07, 6.45) is 8.63. The summed E-state index contributed by atoms with van der Waals surface area (Å²) in [5.41, 5.74) is 16.6. The van der Waals surface area contributed by atoms with E-state index in [1.54, 1.807) is 0 Å². The lowest BCUT2D eigenvalue weighted by molar-refractivity contribution is -0.119. The Morgan fingerprint density at radius 2 is 0.971 bits per heavy atom. The Morgan fingerprint density at radius 3 is 1.37 bits per heavy atom. The third kappa shape index (κ3) is 11.9. The Balaban J connectivity index is 0.000000179. The normalized spacial score (nSPS) is 27.5. The summed E-state index contributed by atoms with van der Waals surface area (Å²) in [4.78, 5) is 26.2. The van der Waals surface area contributed by atoms with Crippen molar-refractivity contribution in [3.05, 3.63) is 95.1 Å². The van der Waals surface area contributed by atoms with Gasteiger partial charge in [-0.2, -0.15) is 0 Å². The van der Waals surface area contributed by atoms with Gasteiger partial charge in [0.15, 0.2) is 0 Å². The van der Waals surface area contributed by atoms with Crippen LogP contribution < -0.4 is 20.9 Å². The first-order chi connectivity index (χ1) is 32.6. The standard InChI is InChI=1S/C29H41N3O2.C24H30N2O.C5H11NO2.ClH/c1-28(2)14-15-29(3,4)22-18-19(8-9-21(22)28)23-6-5-7-26(31-23)32-16-12-20(13-17-32)30-24-10-11-25(33)27(24)34;1-23(2)12-13-24(3,4)20-16-17(8-9-19(20)23)21-6-5-7-22(25-21)26-14-10-18(27)11-15-26;6-3-1-2-4(7)5(3)8;/h5-9,18,20,24-25,27,30,33-34H,10-17H2,1-4H3;5-9,16H,10-15H2,1-4H3;3-5,7-8H,1-2,6H2;1H/t24-,25-,27+;;3-,4-,5+;/m1.1./s1. The minimum absolute atomic E-state index is 0. The Hall–Kier alpha value is -3.94. The zero-order chi connectivity index (χ0) is 49.5. The van der Waals surface area contributed by atoms with E-state index in [2.05, 4.69) is 143 Å². The number of fused-ring (bicyclic) bond motifs is 2. The molecule has 2 aromatic heterocycles. The number of hydrogen-bond acceptors (Lipinski definition) is 11. The highest BCUT2D eigenvalue weighted by Crippen LogP contribution is 2.48. The molecule has 2 aromatic carbocycles. The monoisotopic (exact) mass is 979 g/mol. The maximum Gasteiger partial charge on any atom is 0.136 e. The summed E-state index contributed by atoms with van der Waals surface area (Å²) in [5.74, 6) is 2.39. The number of nitrogens with zero attached hydrogens (tertiary/aromatic N) is 4. The molecule has 11 nitrogen and oxygen atoms in total. The van der Waals surface area contributed by atoms with Crippen LogP contribution in [0.2, 0.25) is 0 Å². The number of nitrogens with two attached hydrogens (primary N) is 1. The molecule has 7 N–H and O–H groups in total. The largest absolute Gasteiger partial charge is 0.390 e. The van der Waals surface area contributed by atoms with E-state index in [1.165, 1.54) is 59.1 Å². The number of Topliss-reactive ketones (excluding diaryl/α,β-unsaturated/α-hetero) is 1. The average Bonchev–Trinajstić information content (AvgIpc) is 3.82. The second kappa shape index (κ2) is 21.6. The first-order valence-electron chi connectivity index (χ1n) is 26.1. The number of carbonyl (C=O) groups excluding carboxylic acids is 1. The first kappa shape index (κ1) is 53.8. The molecule has 2 saturated carbocycles. The molecule has 2 aliphatic heterocycles. The molecule has 4 aliphatic carbocycles. The molecule has 4 fully saturated rings. The van der Waals surface area contributed by atoms with E-state index in [1.807, 2.05) is 0 Å². The van der Waals surface area contributed by atoms with E-state index in [9.17, 15) is 15.0 Å². The fraction of sp³-hybridized carbons (Fsp3) is 0.603. The molecule has 0 amide bonds. The van der Waals surface area contributed by atoms with Gasteiger partial charge in [-0.1, -0.05) is 91.8 Å². The number of carbonyl (C=O) groups is 1. The predicted molar refractivity (Wildman–Crippen MR) is 286 cm³/mol. The van der Waals surface area contributed by atoms with Crippen molar-refractivity contribution in [2.24, 2.45) is 5.73 Å². The topological polar surface area (TPSA) is 168 Å². The number of anilines is 2. The number of aliphatic hydroxyl groups is 4. The van der Waals surface area contributed by atoms with Crippen molar-refractivity contribution in [1.82, 2.24) is 15.3 Å². The van der Waals surface area contributed by atoms with Crippen molar-refractivity contribution < 1.29 is 25.2 Å². The number of ketones is 1. The number of benzene rings is 2. The van der Waals surface area contributed by atoms with Gasteiger partial charge in [-0.15, -0.1) is 12.4 Å². The molecule has 4 aromatic rings. The molecule has 6 atom stereocenters. The number of hydrogen-bond donors (Lipinski definition) is 6. The Morgan fingerprint density at radius 1 is 0.543 bits per heavy atom. The molecule has 70 heavy (non-hydrogen) atoms. The van der Waals surface area contributed by atoms with E-state index >= 15 is 0 Å². The van der Waals surface area contributed by atoms with Crippen LogP contribution in [0.5, 0.6) is 0 Å². The SMILES string of the molecule is CC1(C)CCC(C)(C)c2cc(-c3cccc(N4CCC(=O)CC4)n3)ccc21.CC1(C)CCC(C)(C)c2cc(-c3cccc(N4CCC(N[C@@H]5CC[C@@H](O)[C@H]5O)CC4)n3)ccc21.Cl.N[C@@H]1CC[C@@H](O)[C@H]1O. The van der Waals surface area contributed by atoms with Gasteiger partial charge in [-0.3, -0.25) is 4.79 Å². The van der Waals surface area contributed by atoms with Gasteiger partial charge in [0.1, 0.15) is 17.4 Å². The summed E-state index contributed by atoms with van der Waals surface area (Å²) in [6, 6.07) is 26.7. The minimum Gasteiger partial charge on any atom is -0.390 e. The average molecular weight is 980 g/mol.